The Labute approximate surface area is 122 Å². The van der Waals surface area contributed by atoms with E-state index in [1.807, 2.05) is 12.1 Å². The van der Waals surface area contributed by atoms with Gasteiger partial charge in [0.1, 0.15) is 0 Å². The Balaban J connectivity index is 1.76. The summed E-state index contributed by atoms with van der Waals surface area (Å²) in [4.78, 5) is 7.03. The van der Waals surface area contributed by atoms with E-state index < -0.39 is 0 Å². The third-order valence-corrected chi connectivity index (χ3v) is 3.71. The van der Waals surface area contributed by atoms with E-state index in [0.29, 0.717) is 6.04 Å². The van der Waals surface area contributed by atoms with Crippen LogP contribution in [0.2, 0.25) is 0 Å². The summed E-state index contributed by atoms with van der Waals surface area (Å²) in [5, 5.41) is 4.68. The molecule has 1 aromatic carbocycles. The van der Waals surface area contributed by atoms with Gasteiger partial charge in [0.15, 0.2) is 0 Å². The SMILES string of the molecule is CC(C)N(C)CCCNCc1ccc2ccccc2n1. The molecule has 3 nitrogen and oxygen atoms in total. The highest BCUT2D eigenvalue weighted by Gasteiger charge is 2.02. The van der Waals surface area contributed by atoms with Crippen LogP contribution in [0.15, 0.2) is 36.4 Å². The van der Waals surface area contributed by atoms with Crippen molar-refractivity contribution in [3.63, 3.8) is 0 Å². The Morgan fingerprint density at radius 3 is 2.75 bits per heavy atom. The van der Waals surface area contributed by atoms with Crippen molar-refractivity contribution in [3.05, 3.63) is 42.1 Å². The van der Waals surface area contributed by atoms with Gasteiger partial charge in [-0.15, -0.1) is 0 Å². The summed E-state index contributed by atoms with van der Waals surface area (Å²) in [6, 6.07) is 13.1. The van der Waals surface area contributed by atoms with Crippen molar-refractivity contribution < 1.29 is 0 Å². The first-order valence-corrected chi connectivity index (χ1v) is 7.42. The predicted octanol–water partition coefficient (Wildman–Crippen LogP) is 3.05. The van der Waals surface area contributed by atoms with Gasteiger partial charge in [0, 0.05) is 18.0 Å². The molecule has 0 unspecified atom stereocenters. The van der Waals surface area contributed by atoms with E-state index in [2.05, 4.69) is 60.4 Å². The van der Waals surface area contributed by atoms with Crippen molar-refractivity contribution in [1.29, 1.82) is 0 Å². The minimum absolute atomic E-state index is 0.622. The fraction of sp³-hybridized carbons (Fsp3) is 0.471. The van der Waals surface area contributed by atoms with Crippen molar-refractivity contribution in [1.82, 2.24) is 15.2 Å². The summed E-state index contributed by atoms with van der Waals surface area (Å²) in [7, 11) is 2.18. The van der Waals surface area contributed by atoms with E-state index >= 15 is 0 Å². The van der Waals surface area contributed by atoms with E-state index in [1.54, 1.807) is 0 Å². The minimum Gasteiger partial charge on any atom is -0.311 e. The molecule has 0 aliphatic rings. The molecule has 2 rings (SSSR count). The minimum atomic E-state index is 0.622. The summed E-state index contributed by atoms with van der Waals surface area (Å²) in [5.74, 6) is 0. The lowest BCUT2D eigenvalue weighted by atomic mass is 10.2. The Morgan fingerprint density at radius 1 is 1.15 bits per heavy atom. The highest BCUT2D eigenvalue weighted by molar-refractivity contribution is 5.78. The second-order valence-corrected chi connectivity index (χ2v) is 5.60. The van der Waals surface area contributed by atoms with Gasteiger partial charge >= 0.3 is 0 Å². The number of nitrogens with one attached hydrogen (secondary N) is 1. The first-order valence-electron chi connectivity index (χ1n) is 7.42. The van der Waals surface area contributed by atoms with Crippen molar-refractivity contribution in [2.24, 2.45) is 0 Å². The highest BCUT2D eigenvalue weighted by Crippen LogP contribution is 2.11. The molecule has 20 heavy (non-hydrogen) atoms. The summed E-state index contributed by atoms with van der Waals surface area (Å²) in [6.07, 6.45) is 1.17. The monoisotopic (exact) mass is 271 g/mol. The maximum atomic E-state index is 4.66. The Hall–Kier alpha value is -1.45. The second-order valence-electron chi connectivity index (χ2n) is 5.60. The number of nitrogens with zero attached hydrogens (tertiary/aromatic N) is 2. The van der Waals surface area contributed by atoms with E-state index in [-0.39, 0.29) is 0 Å². The van der Waals surface area contributed by atoms with Crippen LogP contribution >= 0.6 is 0 Å². The van der Waals surface area contributed by atoms with Gasteiger partial charge in [0.2, 0.25) is 0 Å². The molecular formula is C17H25N3. The molecule has 1 aromatic heterocycles. The van der Waals surface area contributed by atoms with Crippen LogP contribution < -0.4 is 5.32 Å². The molecule has 1 N–H and O–H groups in total. The number of fused-ring (bicyclic) bond motifs is 1. The highest BCUT2D eigenvalue weighted by atomic mass is 15.1. The molecule has 0 spiro atoms. The predicted molar refractivity (Wildman–Crippen MR) is 85.8 cm³/mol. The molecule has 0 saturated carbocycles. The number of para-hydroxylation sites is 1. The molecule has 0 atom stereocenters. The zero-order valence-electron chi connectivity index (χ0n) is 12.8. The maximum absolute atomic E-state index is 4.66. The Bertz CT molecular complexity index is 537. The zero-order chi connectivity index (χ0) is 14.4. The smallest absolute Gasteiger partial charge is 0.0705 e. The van der Waals surface area contributed by atoms with Crippen molar-refractivity contribution in [2.75, 3.05) is 20.1 Å². The lowest BCUT2D eigenvalue weighted by Gasteiger charge is -2.20. The molecular weight excluding hydrogens is 246 g/mol. The normalized spacial score (nSPS) is 11.7. The number of rotatable bonds is 7. The van der Waals surface area contributed by atoms with E-state index in [1.165, 1.54) is 11.8 Å². The van der Waals surface area contributed by atoms with E-state index in [9.17, 15) is 0 Å². The number of aromatic nitrogens is 1. The summed E-state index contributed by atoms with van der Waals surface area (Å²) < 4.78 is 0. The average molecular weight is 271 g/mol. The third kappa shape index (κ3) is 4.29. The van der Waals surface area contributed by atoms with Gasteiger partial charge in [0.25, 0.3) is 0 Å². The standard InChI is InChI=1S/C17H25N3/c1-14(2)20(3)12-6-11-18-13-16-10-9-15-7-4-5-8-17(15)19-16/h4-5,7-10,14,18H,6,11-13H2,1-3H3. The van der Waals surface area contributed by atoms with Crippen LogP contribution in [0.3, 0.4) is 0 Å². The van der Waals surface area contributed by atoms with E-state index in [0.717, 1.165) is 30.8 Å². The first-order chi connectivity index (χ1) is 9.66. The summed E-state index contributed by atoms with van der Waals surface area (Å²) in [5.41, 5.74) is 2.19. The molecule has 0 amide bonds. The summed E-state index contributed by atoms with van der Waals surface area (Å²) >= 11 is 0. The van der Waals surface area contributed by atoms with Gasteiger partial charge < -0.3 is 10.2 Å². The van der Waals surface area contributed by atoms with Crippen LogP contribution in [0.4, 0.5) is 0 Å². The second kappa shape index (κ2) is 7.36. The van der Waals surface area contributed by atoms with Gasteiger partial charge in [0.05, 0.1) is 11.2 Å². The van der Waals surface area contributed by atoms with Crippen LogP contribution in [-0.2, 0) is 6.54 Å². The van der Waals surface area contributed by atoms with Crippen molar-refractivity contribution in [3.8, 4) is 0 Å². The number of benzene rings is 1. The maximum Gasteiger partial charge on any atom is 0.0705 e. The van der Waals surface area contributed by atoms with Crippen molar-refractivity contribution in [2.45, 2.75) is 32.9 Å². The Morgan fingerprint density at radius 2 is 1.95 bits per heavy atom. The lowest BCUT2D eigenvalue weighted by molar-refractivity contribution is 0.269. The van der Waals surface area contributed by atoms with Gasteiger partial charge in [-0.1, -0.05) is 24.3 Å². The number of pyridine rings is 1. The van der Waals surface area contributed by atoms with Crippen LogP contribution in [0.25, 0.3) is 10.9 Å². The van der Waals surface area contributed by atoms with Gasteiger partial charge in [-0.25, -0.2) is 0 Å². The van der Waals surface area contributed by atoms with Crippen LogP contribution in [-0.4, -0.2) is 36.1 Å². The number of hydrogen-bond donors (Lipinski definition) is 1. The molecule has 3 heteroatoms. The van der Waals surface area contributed by atoms with Crippen molar-refractivity contribution >= 4 is 10.9 Å². The van der Waals surface area contributed by atoms with Crippen LogP contribution in [0.5, 0.6) is 0 Å². The fourth-order valence-corrected chi connectivity index (χ4v) is 2.13. The largest absolute Gasteiger partial charge is 0.311 e. The molecule has 2 aromatic rings. The van der Waals surface area contributed by atoms with Gasteiger partial charge in [-0.3, -0.25) is 4.98 Å². The first kappa shape index (κ1) is 14.9. The van der Waals surface area contributed by atoms with Gasteiger partial charge in [-0.05, 0) is 52.5 Å². The lowest BCUT2D eigenvalue weighted by Crippen LogP contribution is -2.29. The summed E-state index contributed by atoms with van der Waals surface area (Å²) in [6.45, 7) is 7.47. The Kier molecular flexibility index (Phi) is 5.50. The molecule has 0 aliphatic carbocycles. The molecule has 108 valence electrons. The quantitative estimate of drug-likeness (QED) is 0.785. The zero-order valence-corrected chi connectivity index (χ0v) is 12.8. The van der Waals surface area contributed by atoms with Gasteiger partial charge in [-0.2, -0.15) is 0 Å². The topological polar surface area (TPSA) is 28.2 Å². The third-order valence-electron chi connectivity index (χ3n) is 3.71. The molecule has 0 aliphatic heterocycles. The molecule has 0 radical (unpaired) electrons. The van der Waals surface area contributed by atoms with Crippen LogP contribution in [0, 0.1) is 0 Å². The molecule has 0 fully saturated rings. The molecule has 1 heterocycles. The average Bonchev–Trinajstić information content (AvgIpc) is 2.46. The fourth-order valence-electron chi connectivity index (χ4n) is 2.13. The van der Waals surface area contributed by atoms with E-state index in [4.69, 9.17) is 0 Å². The molecule has 0 saturated heterocycles. The van der Waals surface area contributed by atoms with Crippen LogP contribution in [0.1, 0.15) is 26.0 Å². The number of hydrogen-bond acceptors (Lipinski definition) is 3. The molecule has 0 bridgehead atoms.